The Morgan fingerprint density at radius 2 is 2.06 bits per heavy atom. The third kappa shape index (κ3) is 3.19. The Balaban J connectivity index is 2.11. The molecule has 0 spiro atoms. The maximum atomic E-state index is 5.82. The van der Waals surface area contributed by atoms with Crippen LogP contribution in [0.1, 0.15) is 6.92 Å². The summed E-state index contributed by atoms with van der Waals surface area (Å²) >= 11 is 7.20. The summed E-state index contributed by atoms with van der Waals surface area (Å²) < 4.78 is 5.32. The lowest BCUT2D eigenvalue weighted by Crippen LogP contribution is -1.92. The third-order valence-corrected chi connectivity index (χ3v) is 3.08. The molecule has 0 radical (unpaired) electrons. The molecule has 1 aromatic heterocycles. The fraction of sp³-hybridized carbons (Fsp3) is 0.167. The van der Waals surface area contributed by atoms with Crippen molar-refractivity contribution in [3.05, 3.63) is 29.3 Å². The summed E-state index contributed by atoms with van der Waals surface area (Å²) in [6.45, 7) is 2.11. The lowest BCUT2D eigenvalue weighted by atomic mass is 10.2. The van der Waals surface area contributed by atoms with Crippen molar-refractivity contribution in [3.8, 4) is 27.6 Å². The quantitative estimate of drug-likeness (QED) is 0.798. The number of aromatic nitrogens is 2. The lowest BCUT2D eigenvalue weighted by molar-refractivity contribution is 0.364. The lowest BCUT2D eigenvalue weighted by Gasteiger charge is -1.94. The molecule has 0 aliphatic carbocycles. The minimum Gasteiger partial charge on any atom is -0.456 e. The van der Waals surface area contributed by atoms with E-state index in [9.17, 15) is 0 Å². The Morgan fingerprint density at radius 3 is 2.76 bits per heavy atom. The van der Waals surface area contributed by atoms with E-state index in [4.69, 9.17) is 16.3 Å². The second-order valence-electron chi connectivity index (χ2n) is 3.10. The zero-order valence-corrected chi connectivity index (χ0v) is 10.7. The summed E-state index contributed by atoms with van der Waals surface area (Å²) in [5.41, 5.74) is 0.975. The Labute approximate surface area is 108 Å². The molecule has 17 heavy (non-hydrogen) atoms. The van der Waals surface area contributed by atoms with Crippen molar-refractivity contribution >= 4 is 22.9 Å². The van der Waals surface area contributed by atoms with E-state index in [1.165, 1.54) is 11.3 Å². The molecule has 0 saturated heterocycles. The smallest absolute Gasteiger partial charge is 0.295 e. The van der Waals surface area contributed by atoms with E-state index >= 15 is 0 Å². The van der Waals surface area contributed by atoms with Gasteiger partial charge in [-0.2, -0.15) is 0 Å². The minimum atomic E-state index is 0.339. The second-order valence-corrected chi connectivity index (χ2v) is 4.47. The van der Waals surface area contributed by atoms with Gasteiger partial charge in [0.1, 0.15) is 0 Å². The van der Waals surface area contributed by atoms with Crippen LogP contribution in [0.3, 0.4) is 0 Å². The highest BCUT2D eigenvalue weighted by Crippen LogP contribution is 2.28. The first-order valence-electron chi connectivity index (χ1n) is 4.91. The van der Waals surface area contributed by atoms with Gasteiger partial charge in [-0.3, -0.25) is 0 Å². The number of rotatable bonds is 3. The van der Waals surface area contributed by atoms with Crippen LogP contribution in [-0.4, -0.2) is 16.8 Å². The highest BCUT2D eigenvalue weighted by atomic mass is 35.5. The van der Waals surface area contributed by atoms with Crippen LogP contribution < -0.4 is 4.74 Å². The summed E-state index contributed by atoms with van der Waals surface area (Å²) in [4.78, 5) is 0. The largest absolute Gasteiger partial charge is 0.456 e. The van der Waals surface area contributed by atoms with Crippen LogP contribution in [-0.2, 0) is 0 Å². The number of ether oxygens (including phenoxy) is 1. The molecule has 1 heterocycles. The predicted octanol–water partition coefficient (Wildman–Crippen LogP) is 3.26. The van der Waals surface area contributed by atoms with E-state index in [0.717, 1.165) is 10.6 Å². The monoisotopic (exact) mass is 264 g/mol. The van der Waals surface area contributed by atoms with Crippen molar-refractivity contribution in [1.29, 1.82) is 0 Å². The average Bonchev–Trinajstić information content (AvgIpc) is 2.79. The van der Waals surface area contributed by atoms with Gasteiger partial charge in [0.25, 0.3) is 5.19 Å². The van der Waals surface area contributed by atoms with Crippen molar-refractivity contribution in [2.75, 3.05) is 6.61 Å². The molecule has 0 bridgehead atoms. The molecule has 3 nitrogen and oxygen atoms in total. The van der Waals surface area contributed by atoms with Gasteiger partial charge in [0.2, 0.25) is 0 Å². The van der Waals surface area contributed by atoms with Crippen molar-refractivity contribution in [1.82, 2.24) is 10.2 Å². The van der Waals surface area contributed by atoms with Crippen LogP contribution in [0.4, 0.5) is 0 Å². The topological polar surface area (TPSA) is 35.0 Å². The number of hydrogen-bond donors (Lipinski definition) is 0. The Bertz CT molecular complexity index is 554. The molecule has 0 amide bonds. The van der Waals surface area contributed by atoms with Gasteiger partial charge in [-0.25, -0.2) is 0 Å². The molecule has 1 aromatic carbocycles. The van der Waals surface area contributed by atoms with Crippen molar-refractivity contribution < 1.29 is 4.74 Å². The number of halogens is 1. The molecule has 0 N–H and O–H groups in total. The van der Waals surface area contributed by atoms with Gasteiger partial charge >= 0.3 is 0 Å². The fourth-order valence-corrected chi connectivity index (χ4v) is 1.97. The average molecular weight is 265 g/mol. The minimum absolute atomic E-state index is 0.339. The number of nitrogens with zero attached hydrogens (tertiary/aromatic N) is 2. The van der Waals surface area contributed by atoms with Gasteiger partial charge in [-0.15, -0.1) is 11.0 Å². The van der Waals surface area contributed by atoms with E-state index in [1.807, 2.05) is 24.3 Å². The molecule has 0 saturated carbocycles. The second kappa shape index (κ2) is 5.67. The van der Waals surface area contributed by atoms with Crippen molar-refractivity contribution in [3.63, 3.8) is 0 Å². The van der Waals surface area contributed by atoms with Gasteiger partial charge in [0, 0.05) is 10.6 Å². The van der Waals surface area contributed by atoms with E-state index < -0.39 is 0 Å². The Morgan fingerprint density at radius 1 is 1.29 bits per heavy atom. The third-order valence-electron chi connectivity index (χ3n) is 1.94. The van der Waals surface area contributed by atoms with E-state index in [2.05, 4.69) is 22.0 Å². The summed E-state index contributed by atoms with van der Waals surface area (Å²) in [5.74, 6) is 5.55. The molecule has 0 fully saturated rings. The van der Waals surface area contributed by atoms with Gasteiger partial charge < -0.3 is 4.74 Å². The molecule has 0 atom stereocenters. The molecule has 86 valence electrons. The molecule has 0 aliphatic heterocycles. The molecule has 2 aromatic rings. The summed E-state index contributed by atoms with van der Waals surface area (Å²) in [6, 6.07) is 7.44. The van der Waals surface area contributed by atoms with Gasteiger partial charge in [-0.05, 0) is 19.1 Å². The Kier molecular flexibility index (Phi) is 3.97. The zero-order valence-electron chi connectivity index (χ0n) is 9.11. The molecular formula is C12H9ClN2OS. The Hall–Kier alpha value is -1.57. The zero-order chi connectivity index (χ0) is 12.1. The molecular weight excluding hydrogens is 256 g/mol. The number of benzene rings is 1. The first-order valence-corrected chi connectivity index (χ1v) is 6.11. The van der Waals surface area contributed by atoms with Crippen LogP contribution in [0, 0.1) is 11.8 Å². The van der Waals surface area contributed by atoms with E-state index in [1.54, 1.807) is 6.92 Å². The standard InChI is InChI=1S/C12H9ClN2OS/c1-2-3-8-16-12-15-14-11(17-12)9-4-6-10(13)7-5-9/h4-7H,8H2,1H3. The van der Waals surface area contributed by atoms with Gasteiger partial charge in [0.15, 0.2) is 11.6 Å². The SMILES string of the molecule is CC#CCOc1nnc(-c2ccc(Cl)cc2)s1. The summed E-state index contributed by atoms with van der Waals surface area (Å²) in [7, 11) is 0. The molecule has 0 unspecified atom stereocenters. The first kappa shape index (κ1) is 11.9. The first-order chi connectivity index (χ1) is 8.29. The van der Waals surface area contributed by atoms with Crippen LogP contribution in [0.25, 0.3) is 10.6 Å². The highest BCUT2D eigenvalue weighted by Gasteiger charge is 2.06. The van der Waals surface area contributed by atoms with Crippen molar-refractivity contribution in [2.24, 2.45) is 0 Å². The highest BCUT2D eigenvalue weighted by molar-refractivity contribution is 7.16. The predicted molar refractivity (Wildman–Crippen MR) is 69.3 cm³/mol. The number of hydrogen-bond acceptors (Lipinski definition) is 4. The van der Waals surface area contributed by atoms with Gasteiger partial charge in [-0.1, -0.05) is 46.1 Å². The van der Waals surface area contributed by atoms with Crippen LogP contribution in [0.2, 0.25) is 5.02 Å². The van der Waals surface area contributed by atoms with Crippen LogP contribution >= 0.6 is 22.9 Å². The molecule has 2 rings (SSSR count). The van der Waals surface area contributed by atoms with Gasteiger partial charge in [0.05, 0.1) is 0 Å². The van der Waals surface area contributed by atoms with Crippen LogP contribution in [0.5, 0.6) is 5.19 Å². The van der Waals surface area contributed by atoms with E-state index in [0.29, 0.717) is 16.8 Å². The fourth-order valence-electron chi connectivity index (χ4n) is 1.15. The molecule has 0 aliphatic rings. The van der Waals surface area contributed by atoms with Crippen molar-refractivity contribution in [2.45, 2.75) is 6.92 Å². The molecule has 5 heteroatoms. The normalized spacial score (nSPS) is 9.53. The summed E-state index contributed by atoms with van der Waals surface area (Å²) in [6.07, 6.45) is 0. The van der Waals surface area contributed by atoms with Crippen LogP contribution in [0.15, 0.2) is 24.3 Å². The maximum Gasteiger partial charge on any atom is 0.295 e. The van der Waals surface area contributed by atoms with E-state index in [-0.39, 0.29) is 0 Å². The summed E-state index contributed by atoms with van der Waals surface area (Å²) in [5, 5.41) is 10.0. The maximum absolute atomic E-state index is 5.82.